The van der Waals surface area contributed by atoms with Crippen molar-refractivity contribution in [2.75, 3.05) is 13.7 Å². The number of rotatable bonds is 4. The molecule has 1 aromatic heterocycles. The molecule has 0 aliphatic heterocycles. The lowest BCUT2D eigenvalue weighted by atomic mass is 10.2. The molecule has 7 nitrogen and oxygen atoms in total. The first-order valence-corrected chi connectivity index (χ1v) is 7.49. The van der Waals surface area contributed by atoms with E-state index in [0.29, 0.717) is 11.4 Å². The first-order chi connectivity index (χ1) is 10.1. The summed E-state index contributed by atoms with van der Waals surface area (Å²) in [5.74, 6) is 5.54. The van der Waals surface area contributed by atoms with Crippen molar-refractivity contribution >= 4 is 10.0 Å². The highest BCUT2D eigenvalue weighted by Gasteiger charge is 2.24. The Morgan fingerprint density at radius 2 is 2.14 bits per heavy atom. The van der Waals surface area contributed by atoms with E-state index < -0.39 is 10.0 Å². The number of aliphatic hydroxyl groups is 1. The smallest absolute Gasteiger partial charge is 0.244 e. The van der Waals surface area contributed by atoms with E-state index >= 15 is 0 Å². The van der Waals surface area contributed by atoms with Gasteiger partial charge >= 0.3 is 0 Å². The zero-order valence-corrected chi connectivity index (χ0v) is 12.1. The van der Waals surface area contributed by atoms with E-state index in [-0.39, 0.29) is 18.0 Å². The first-order valence-electron chi connectivity index (χ1n) is 6.05. The second-order valence-electron chi connectivity index (χ2n) is 4.15. The third-order valence-electron chi connectivity index (χ3n) is 2.71. The van der Waals surface area contributed by atoms with Gasteiger partial charge in [-0.15, -0.1) is 0 Å². The molecule has 0 fully saturated rings. The highest BCUT2D eigenvalue weighted by molar-refractivity contribution is 7.89. The van der Waals surface area contributed by atoms with Crippen molar-refractivity contribution in [2.24, 2.45) is 0 Å². The number of H-pyrrole nitrogens is 1. The predicted molar refractivity (Wildman–Crippen MR) is 75.4 cm³/mol. The maximum Gasteiger partial charge on any atom is 0.244 e. The molecule has 0 unspecified atom stereocenters. The highest BCUT2D eigenvalue weighted by Crippen LogP contribution is 2.19. The number of aromatic nitrogens is 3. The lowest BCUT2D eigenvalue weighted by molar-refractivity contribution is 0.350. The third-order valence-corrected chi connectivity index (χ3v) is 4.58. The Labute approximate surface area is 122 Å². The fourth-order valence-electron chi connectivity index (χ4n) is 1.70. The van der Waals surface area contributed by atoms with Gasteiger partial charge in [0.15, 0.2) is 0 Å². The zero-order valence-electron chi connectivity index (χ0n) is 11.3. The Balaban J connectivity index is 2.35. The molecule has 0 bridgehead atoms. The maximum atomic E-state index is 12.6. The molecule has 0 aliphatic rings. The van der Waals surface area contributed by atoms with E-state index in [4.69, 9.17) is 5.11 Å². The average Bonchev–Trinajstić information content (AvgIpc) is 2.98. The van der Waals surface area contributed by atoms with Crippen LogP contribution in [0.4, 0.5) is 0 Å². The standard InChI is InChI=1S/C13H14N4O3S/c1-17(9-13-14-10-15-16-13)21(19,20)12-7-3-2-5-11(12)6-4-8-18/h2-3,5,7,10,18H,8-9H2,1H3,(H,14,15,16). The highest BCUT2D eigenvalue weighted by atomic mass is 32.2. The first kappa shape index (κ1) is 15.2. The molecule has 1 heterocycles. The van der Waals surface area contributed by atoms with E-state index in [2.05, 4.69) is 27.0 Å². The van der Waals surface area contributed by atoms with Crippen molar-refractivity contribution in [2.45, 2.75) is 11.4 Å². The summed E-state index contributed by atoms with van der Waals surface area (Å²) in [5, 5.41) is 15.0. The van der Waals surface area contributed by atoms with Crippen molar-refractivity contribution in [1.29, 1.82) is 0 Å². The van der Waals surface area contributed by atoms with Gasteiger partial charge in [-0.25, -0.2) is 13.4 Å². The van der Waals surface area contributed by atoms with Crippen LogP contribution in [0.1, 0.15) is 11.4 Å². The monoisotopic (exact) mass is 306 g/mol. The van der Waals surface area contributed by atoms with Crippen LogP contribution in [0.2, 0.25) is 0 Å². The largest absolute Gasteiger partial charge is 0.384 e. The number of sulfonamides is 1. The van der Waals surface area contributed by atoms with Gasteiger partial charge < -0.3 is 5.11 Å². The van der Waals surface area contributed by atoms with Gasteiger partial charge in [-0.05, 0) is 12.1 Å². The Bertz CT molecular complexity index is 760. The van der Waals surface area contributed by atoms with Crippen molar-refractivity contribution in [3.63, 3.8) is 0 Å². The summed E-state index contributed by atoms with van der Waals surface area (Å²) >= 11 is 0. The number of hydrogen-bond donors (Lipinski definition) is 2. The molecule has 0 amide bonds. The molecule has 0 atom stereocenters. The maximum absolute atomic E-state index is 12.6. The van der Waals surface area contributed by atoms with E-state index in [1.807, 2.05) is 0 Å². The molecule has 21 heavy (non-hydrogen) atoms. The number of aliphatic hydroxyl groups excluding tert-OH is 1. The molecule has 110 valence electrons. The summed E-state index contributed by atoms with van der Waals surface area (Å²) in [6.07, 6.45) is 1.32. The molecule has 1 aromatic carbocycles. The predicted octanol–water partition coefficient (Wildman–Crippen LogP) is -0.0308. The van der Waals surface area contributed by atoms with Crippen LogP contribution >= 0.6 is 0 Å². The molecule has 0 saturated heterocycles. The van der Waals surface area contributed by atoms with Gasteiger partial charge in [0.05, 0.1) is 11.4 Å². The molecule has 0 spiro atoms. The summed E-state index contributed by atoms with van der Waals surface area (Å²) < 4.78 is 26.3. The van der Waals surface area contributed by atoms with Crippen molar-refractivity contribution in [1.82, 2.24) is 19.5 Å². The minimum absolute atomic E-state index is 0.0735. The normalized spacial score (nSPS) is 11.2. The third kappa shape index (κ3) is 3.46. The van der Waals surface area contributed by atoms with Gasteiger partial charge in [0.2, 0.25) is 10.0 Å². The number of hydrogen-bond acceptors (Lipinski definition) is 5. The molecular formula is C13H14N4O3S. The summed E-state index contributed by atoms with van der Waals surface area (Å²) in [4.78, 5) is 3.99. The van der Waals surface area contributed by atoms with Crippen LogP contribution in [0.15, 0.2) is 35.5 Å². The Hall–Kier alpha value is -2.21. The molecule has 0 aliphatic carbocycles. The minimum atomic E-state index is -3.71. The van der Waals surface area contributed by atoms with E-state index in [1.165, 1.54) is 19.4 Å². The fourth-order valence-corrected chi connectivity index (χ4v) is 2.98. The summed E-state index contributed by atoms with van der Waals surface area (Å²) in [5.41, 5.74) is 0.343. The van der Waals surface area contributed by atoms with Crippen LogP contribution < -0.4 is 0 Å². The second kappa shape index (κ2) is 6.49. The lowest BCUT2D eigenvalue weighted by Crippen LogP contribution is -2.27. The van der Waals surface area contributed by atoms with Crippen molar-refractivity contribution < 1.29 is 13.5 Å². The van der Waals surface area contributed by atoms with Crippen LogP contribution in [0.25, 0.3) is 0 Å². The van der Waals surface area contributed by atoms with Gasteiger partial charge in [0.1, 0.15) is 18.8 Å². The molecule has 0 saturated carbocycles. The zero-order chi connectivity index (χ0) is 15.3. The van der Waals surface area contributed by atoms with Crippen LogP contribution in [-0.4, -0.2) is 46.7 Å². The molecule has 2 aromatic rings. The summed E-state index contributed by atoms with van der Waals surface area (Å²) in [6, 6.07) is 6.39. The van der Waals surface area contributed by atoms with Crippen molar-refractivity contribution in [3.8, 4) is 11.8 Å². The molecule has 0 radical (unpaired) electrons. The minimum Gasteiger partial charge on any atom is -0.384 e. The molecule has 8 heteroatoms. The van der Waals surface area contributed by atoms with Crippen LogP contribution in [0.5, 0.6) is 0 Å². The number of nitrogens with zero attached hydrogens (tertiary/aromatic N) is 3. The average molecular weight is 306 g/mol. The quantitative estimate of drug-likeness (QED) is 0.773. The fraction of sp³-hybridized carbons (Fsp3) is 0.231. The number of benzene rings is 1. The van der Waals surface area contributed by atoms with Crippen LogP contribution in [-0.2, 0) is 16.6 Å². The summed E-state index contributed by atoms with van der Waals surface area (Å²) in [7, 11) is -2.26. The van der Waals surface area contributed by atoms with E-state index in [9.17, 15) is 8.42 Å². The second-order valence-corrected chi connectivity index (χ2v) is 6.16. The van der Waals surface area contributed by atoms with Gasteiger partial charge in [0.25, 0.3) is 0 Å². The Kier molecular flexibility index (Phi) is 4.70. The lowest BCUT2D eigenvalue weighted by Gasteiger charge is -2.16. The van der Waals surface area contributed by atoms with E-state index in [1.54, 1.807) is 18.2 Å². The Morgan fingerprint density at radius 3 is 2.81 bits per heavy atom. The summed E-state index contributed by atoms with van der Waals surface area (Å²) in [6.45, 7) is -0.258. The van der Waals surface area contributed by atoms with E-state index in [0.717, 1.165) is 4.31 Å². The van der Waals surface area contributed by atoms with Crippen molar-refractivity contribution in [3.05, 3.63) is 42.0 Å². The van der Waals surface area contributed by atoms with Crippen LogP contribution in [0.3, 0.4) is 0 Å². The van der Waals surface area contributed by atoms with Gasteiger partial charge in [-0.2, -0.15) is 9.40 Å². The number of nitrogens with one attached hydrogen (secondary N) is 1. The van der Waals surface area contributed by atoms with Gasteiger partial charge in [-0.1, -0.05) is 24.0 Å². The Morgan fingerprint density at radius 1 is 1.38 bits per heavy atom. The molecule has 2 N–H and O–H groups in total. The molecule has 2 rings (SSSR count). The van der Waals surface area contributed by atoms with Crippen LogP contribution in [0, 0.1) is 11.8 Å². The van der Waals surface area contributed by atoms with Gasteiger partial charge in [0, 0.05) is 12.6 Å². The van der Waals surface area contributed by atoms with Gasteiger partial charge in [-0.3, -0.25) is 5.10 Å². The SMILES string of the molecule is CN(Cc1ncn[nH]1)S(=O)(=O)c1ccccc1C#CCO. The molecular weight excluding hydrogens is 292 g/mol. The topological polar surface area (TPSA) is 99.2 Å². The number of aromatic amines is 1.